The predicted molar refractivity (Wildman–Crippen MR) is 106 cm³/mol. The van der Waals surface area contributed by atoms with Crippen molar-refractivity contribution in [3.8, 4) is 33.8 Å². The van der Waals surface area contributed by atoms with E-state index in [4.69, 9.17) is 9.47 Å². The number of aliphatic hydroxyl groups is 1. The Labute approximate surface area is 172 Å². The molecule has 30 heavy (non-hydrogen) atoms. The molecular formula is C22H21F3N2O3. The molecule has 1 N–H and O–H groups in total. The largest absolute Gasteiger partial charge is 0.497 e. The predicted octanol–water partition coefficient (Wildman–Crippen LogP) is 4.78. The van der Waals surface area contributed by atoms with Gasteiger partial charge in [0.25, 0.3) is 0 Å². The van der Waals surface area contributed by atoms with E-state index in [1.165, 1.54) is 35.0 Å². The van der Waals surface area contributed by atoms with Crippen LogP contribution in [0, 0.1) is 24.4 Å². The molecule has 0 saturated heterocycles. The average molecular weight is 418 g/mol. The maximum atomic E-state index is 14.8. The summed E-state index contributed by atoms with van der Waals surface area (Å²) in [7, 11) is 2.93. The van der Waals surface area contributed by atoms with Crippen LogP contribution < -0.4 is 9.47 Å². The Morgan fingerprint density at radius 1 is 0.800 bits per heavy atom. The first-order valence-electron chi connectivity index (χ1n) is 9.05. The van der Waals surface area contributed by atoms with Gasteiger partial charge in [0.15, 0.2) is 0 Å². The summed E-state index contributed by atoms with van der Waals surface area (Å²) in [4.78, 5) is 0. The van der Waals surface area contributed by atoms with E-state index in [-0.39, 0.29) is 22.5 Å². The van der Waals surface area contributed by atoms with Crippen molar-refractivity contribution in [3.05, 3.63) is 59.2 Å². The third-order valence-electron chi connectivity index (χ3n) is 4.63. The molecule has 158 valence electrons. The van der Waals surface area contributed by atoms with Crippen molar-refractivity contribution < 1.29 is 27.8 Å². The summed E-state index contributed by atoms with van der Waals surface area (Å²) in [5.41, 5.74) is -0.978. The van der Waals surface area contributed by atoms with E-state index in [0.29, 0.717) is 29.2 Å². The van der Waals surface area contributed by atoms with Gasteiger partial charge in [-0.3, -0.25) is 0 Å². The monoisotopic (exact) mass is 418 g/mol. The van der Waals surface area contributed by atoms with Crippen molar-refractivity contribution in [2.24, 2.45) is 0 Å². The van der Waals surface area contributed by atoms with Gasteiger partial charge in [-0.05, 0) is 38.5 Å². The van der Waals surface area contributed by atoms with E-state index in [1.807, 2.05) is 0 Å². The molecule has 0 aliphatic carbocycles. The Morgan fingerprint density at radius 3 is 1.80 bits per heavy atom. The van der Waals surface area contributed by atoms with Gasteiger partial charge in [0, 0.05) is 29.3 Å². The summed E-state index contributed by atoms with van der Waals surface area (Å²) in [6, 6.07) is 6.07. The van der Waals surface area contributed by atoms with Crippen LogP contribution in [0.3, 0.4) is 0 Å². The van der Waals surface area contributed by atoms with Crippen LogP contribution in [-0.4, -0.2) is 29.5 Å². The number of benzene rings is 2. The molecule has 5 nitrogen and oxygen atoms in total. The number of rotatable bonds is 5. The molecule has 0 aliphatic heterocycles. The Hall–Kier alpha value is -3.13. The SMILES string of the molecule is COc1cc(OC)cc(-c2c(C(C)(C)O)nnc(C)c2-c2c(F)cc(F)cc2F)c1. The highest BCUT2D eigenvalue weighted by atomic mass is 19.1. The van der Waals surface area contributed by atoms with Crippen LogP contribution in [0.15, 0.2) is 30.3 Å². The number of methoxy groups -OCH3 is 2. The summed E-state index contributed by atoms with van der Waals surface area (Å²) >= 11 is 0. The number of nitrogens with zero attached hydrogens (tertiary/aromatic N) is 2. The van der Waals surface area contributed by atoms with Gasteiger partial charge >= 0.3 is 0 Å². The van der Waals surface area contributed by atoms with Gasteiger partial charge in [0.05, 0.1) is 25.5 Å². The molecular weight excluding hydrogens is 397 g/mol. The number of halogens is 3. The van der Waals surface area contributed by atoms with Crippen molar-refractivity contribution >= 4 is 0 Å². The Bertz CT molecular complexity index is 1070. The van der Waals surface area contributed by atoms with E-state index in [0.717, 1.165) is 0 Å². The van der Waals surface area contributed by atoms with Crippen LogP contribution >= 0.6 is 0 Å². The minimum atomic E-state index is -1.51. The summed E-state index contributed by atoms with van der Waals surface area (Å²) in [6.45, 7) is 4.49. The first-order chi connectivity index (χ1) is 14.1. The van der Waals surface area contributed by atoms with Crippen molar-refractivity contribution in [1.82, 2.24) is 10.2 Å². The van der Waals surface area contributed by atoms with Crippen LogP contribution in [0.5, 0.6) is 11.5 Å². The lowest BCUT2D eigenvalue weighted by molar-refractivity contribution is 0.0735. The number of aryl methyl sites for hydroxylation is 1. The van der Waals surface area contributed by atoms with Gasteiger partial charge in [-0.2, -0.15) is 10.2 Å². The molecule has 0 fully saturated rings. The Balaban J connectivity index is 2.50. The second-order valence-corrected chi connectivity index (χ2v) is 7.29. The zero-order valence-corrected chi connectivity index (χ0v) is 17.2. The van der Waals surface area contributed by atoms with Gasteiger partial charge < -0.3 is 14.6 Å². The molecule has 0 aliphatic rings. The summed E-state index contributed by atoms with van der Waals surface area (Å²) < 4.78 is 53.7. The molecule has 0 radical (unpaired) electrons. The molecule has 1 heterocycles. The number of hydrogen-bond donors (Lipinski definition) is 1. The lowest BCUT2D eigenvalue weighted by atomic mass is 9.87. The molecule has 0 atom stereocenters. The maximum absolute atomic E-state index is 14.8. The van der Waals surface area contributed by atoms with E-state index in [2.05, 4.69) is 10.2 Å². The summed E-state index contributed by atoms with van der Waals surface area (Å²) in [5.74, 6) is -2.39. The van der Waals surface area contributed by atoms with Gasteiger partial charge in [-0.25, -0.2) is 13.2 Å². The van der Waals surface area contributed by atoms with Gasteiger partial charge in [-0.1, -0.05) is 0 Å². The van der Waals surface area contributed by atoms with Crippen molar-refractivity contribution in [2.45, 2.75) is 26.4 Å². The fourth-order valence-electron chi connectivity index (χ4n) is 3.27. The highest BCUT2D eigenvalue weighted by Gasteiger charge is 2.30. The molecule has 0 amide bonds. The molecule has 0 saturated carbocycles. The van der Waals surface area contributed by atoms with E-state index in [9.17, 15) is 18.3 Å². The molecule has 8 heteroatoms. The third-order valence-corrected chi connectivity index (χ3v) is 4.63. The lowest BCUT2D eigenvalue weighted by Crippen LogP contribution is -2.21. The standard InChI is InChI=1S/C22H21F3N2O3/c1-11-18(20-16(24)8-13(23)9-17(20)25)19(21(27-26-11)22(2,3)28)12-6-14(29-4)10-15(7-12)30-5/h6-10,28H,1-5H3. The molecule has 2 aromatic carbocycles. The third kappa shape index (κ3) is 3.95. The van der Waals surface area contributed by atoms with Crippen LogP contribution in [0.4, 0.5) is 13.2 Å². The van der Waals surface area contributed by atoms with Crippen LogP contribution in [-0.2, 0) is 5.60 Å². The molecule has 0 unspecified atom stereocenters. The first-order valence-corrected chi connectivity index (χ1v) is 9.05. The highest BCUT2D eigenvalue weighted by molar-refractivity contribution is 5.88. The lowest BCUT2D eigenvalue weighted by Gasteiger charge is -2.24. The van der Waals surface area contributed by atoms with Crippen molar-refractivity contribution in [3.63, 3.8) is 0 Å². The van der Waals surface area contributed by atoms with Crippen LogP contribution in [0.2, 0.25) is 0 Å². The van der Waals surface area contributed by atoms with Gasteiger partial charge in [0.1, 0.15) is 40.2 Å². The first kappa shape index (κ1) is 21.6. The average Bonchev–Trinajstić information content (AvgIpc) is 2.66. The summed E-state index contributed by atoms with van der Waals surface area (Å²) in [6.07, 6.45) is 0. The normalized spacial score (nSPS) is 11.5. The maximum Gasteiger partial charge on any atom is 0.136 e. The van der Waals surface area contributed by atoms with Gasteiger partial charge in [0.2, 0.25) is 0 Å². The molecule has 3 aromatic rings. The van der Waals surface area contributed by atoms with Crippen LogP contribution in [0.25, 0.3) is 22.3 Å². The van der Waals surface area contributed by atoms with Crippen molar-refractivity contribution in [2.75, 3.05) is 14.2 Å². The van der Waals surface area contributed by atoms with E-state index >= 15 is 0 Å². The molecule has 0 bridgehead atoms. The van der Waals surface area contributed by atoms with Crippen LogP contribution in [0.1, 0.15) is 25.2 Å². The van der Waals surface area contributed by atoms with Gasteiger partial charge in [-0.15, -0.1) is 0 Å². The Kier molecular flexibility index (Phi) is 5.72. The zero-order valence-electron chi connectivity index (χ0n) is 17.2. The minimum Gasteiger partial charge on any atom is -0.497 e. The minimum absolute atomic E-state index is 0.0485. The molecule has 3 rings (SSSR count). The zero-order chi connectivity index (χ0) is 22.2. The molecule has 0 spiro atoms. The smallest absolute Gasteiger partial charge is 0.136 e. The van der Waals surface area contributed by atoms with Crippen molar-refractivity contribution in [1.29, 1.82) is 0 Å². The fourth-order valence-corrected chi connectivity index (χ4v) is 3.27. The number of aromatic nitrogens is 2. The number of hydrogen-bond acceptors (Lipinski definition) is 5. The highest BCUT2D eigenvalue weighted by Crippen LogP contribution is 2.43. The topological polar surface area (TPSA) is 64.5 Å². The second-order valence-electron chi connectivity index (χ2n) is 7.29. The van der Waals surface area contributed by atoms with E-state index in [1.54, 1.807) is 18.2 Å². The number of ether oxygens (including phenoxy) is 2. The molecule has 1 aromatic heterocycles. The Morgan fingerprint density at radius 2 is 1.33 bits per heavy atom. The fraction of sp³-hybridized carbons (Fsp3) is 0.273. The van der Waals surface area contributed by atoms with E-state index < -0.39 is 28.6 Å². The quantitative estimate of drug-likeness (QED) is 0.646. The second kappa shape index (κ2) is 7.95. The summed E-state index contributed by atoms with van der Waals surface area (Å²) in [5, 5.41) is 18.8.